The van der Waals surface area contributed by atoms with Crippen LogP contribution in [0.2, 0.25) is 0 Å². The molecule has 0 aromatic heterocycles. The summed E-state index contributed by atoms with van der Waals surface area (Å²) >= 11 is 0. The Bertz CT molecular complexity index is 1050. The molecule has 0 amide bonds. The lowest BCUT2D eigenvalue weighted by atomic mass is 9.78. The van der Waals surface area contributed by atoms with Crippen molar-refractivity contribution >= 4 is 0 Å². The molecule has 1 fully saturated rings. The van der Waals surface area contributed by atoms with E-state index in [0.717, 1.165) is 5.56 Å². The molecule has 160 valence electrons. The minimum atomic E-state index is -0.443. The van der Waals surface area contributed by atoms with E-state index < -0.39 is 5.82 Å². The highest BCUT2D eigenvalue weighted by molar-refractivity contribution is 5.71. The summed E-state index contributed by atoms with van der Waals surface area (Å²) < 4.78 is 34.3. The van der Waals surface area contributed by atoms with E-state index in [9.17, 15) is 8.78 Å². The van der Waals surface area contributed by atoms with Gasteiger partial charge in [-0.15, -0.1) is 6.58 Å². The van der Waals surface area contributed by atoms with Crippen molar-refractivity contribution in [2.24, 2.45) is 5.92 Å². The van der Waals surface area contributed by atoms with Crippen LogP contribution in [-0.2, 0) is 0 Å². The first-order valence-electron chi connectivity index (χ1n) is 11.0. The second kappa shape index (κ2) is 9.47. The average molecular weight is 419 g/mol. The Balaban J connectivity index is 1.52. The molecule has 0 radical (unpaired) electrons. The third kappa shape index (κ3) is 4.71. The van der Waals surface area contributed by atoms with Crippen LogP contribution in [0, 0.1) is 17.6 Å². The largest absolute Gasteiger partial charge is 0.491 e. The quantitative estimate of drug-likeness (QED) is 0.367. The van der Waals surface area contributed by atoms with Gasteiger partial charge in [-0.3, -0.25) is 0 Å². The summed E-state index contributed by atoms with van der Waals surface area (Å²) in [6.45, 7) is 6.12. The van der Waals surface area contributed by atoms with Gasteiger partial charge in [-0.2, -0.15) is 0 Å². The van der Waals surface area contributed by atoms with Gasteiger partial charge < -0.3 is 4.74 Å². The topological polar surface area (TPSA) is 9.23 Å². The number of hydrogen-bond acceptors (Lipinski definition) is 1. The van der Waals surface area contributed by atoms with Crippen molar-refractivity contribution in [3.63, 3.8) is 0 Å². The summed E-state index contributed by atoms with van der Waals surface area (Å²) in [5.41, 5.74) is 3.99. The first-order chi connectivity index (χ1) is 15.1. The minimum absolute atomic E-state index is 0.210. The monoisotopic (exact) mass is 418 g/mol. The predicted octanol–water partition coefficient (Wildman–Crippen LogP) is 8.16. The van der Waals surface area contributed by atoms with Gasteiger partial charge in [-0.1, -0.05) is 48.5 Å². The zero-order valence-corrected chi connectivity index (χ0v) is 17.9. The molecule has 0 heterocycles. The van der Waals surface area contributed by atoms with Gasteiger partial charge in [0.25, 0.3) is 0 Å². The Labute approximate surface area is 183 Å². The smallest absolute Gasteiger partial charge is 0.165 e. The summed E-state index contributed by atoms with van der Waals surface area (Å²) in [6.07, 6.45) is 6.82. The molecule has 3 heteroatoms. The molecule has 3 aromatic carbocycles. The van der Waals surface area contributed by atoms with Crippen LogP contribution in [0.4, 0.5) is 8.78 Å². The number of hydrogen-bond donors (Lipinski definition) is 0. The van der Waals surface area contributed by atoms with Crippen LogP contribution in [0.3, 0.4) is 0 Å². The van der Waals surface area contributed by atoms with Crippen LogP contribution >= 0.6 is 0 Å². The van der Waals surface area contributed by atoms with Gasteiger partial charge in [0, 0.05) is 5.56 Å². The standard InChI is InChI=1S/C28H28F2O/c1-3-19-5-7-20(8-6-19)21-9-11-22(12-10-21)25-15-13-23(17-26(25)29)24-14-16-28(31-4-2)27(30)18-24/h3,9-20H,1,4-8H2,2H3. The maximum absolute atomic E-state index is 14.9. The number of halogens is 2. The second-order valence-corrected chi connectivity index (χ2v) is 8.24. The lowest BCUT2D eigenvalue weighted by Crippen LogP contribution is -2.11. The number of rotatable bonds is 6. The molecule has 0 atom stereocenters. The van der Waals surface area contributed by atoms with E-state index in [1.165, 1.54) is 43.4 Å². The van der Waals surface area contributed by atoms with Crippen LogP contribution < -0.4 is 4.74 Å². The van der Waals surface area contributed by atoms with Gasteiger partial charge in [0.2, 0.25) is 0 Å². The molecule has 0 spiro atoms. The SMILES string of the molecule is C=CC1CCC(c2ccc(-c3ccc(-c4ccc(OCC)c(F)c4)cc3F)cc2)CC1. The summed E-state index contributed by atoms with van der Waals surface area (Å²) in [5, 5.41) is 0. The van der Waals surface area contributed by atoms with E-state index in [1.807, 2.05) is 18.2 Å². The number of allylic oxidation sites excluding steroid dienone is 1. The second-order valence-electron chi connectivity index (χ2n) is 8.24. The fraction of sp³-hybridized carbons (Fsp3) is 0.286. The maximum Gasteiger partial charge on any atom is 0.165 e. The van der Waals surface area contributed by atoms with Crippen molar-refractivity contribution in [1.82, 2.24) is 0 Å². The molecule has 0 bridgehead atoms. The van der Waals surface area contributed by atoms with E-state index in [0.29, 0.717) is 35.1 Å². The molecule has 1 saturated carbocycles. The summed E-state index contributed by atoms with van der Waals surface area (Å²) in [6, 6.07) is 18.0. The molecule has 1 aliphatic rings. The van der Waals surface area contributed by atoms with Crippen LogP contribution in [0.15, 0.2) is 73.3 Å². The summed E-state index contributed by atoms with van der Waals surface area (Å²) in [5.74, 6) is 0.674. The molecule has 0 aliphatic heterocycles. The van der Waals surface area contributed by atoms with E-state index in [-0.39, 0.29) is 11.6 Å². The van der Waals surface area contributed by atoms with Gasteiger partial charge in [-0.05, 0) is 84.9 Å². The third-order valence-electron chi connectivity index (χ3n) is 6.33. The molecular formula is C28H28F2O. The molecule has 0 N–H and O–H groups in total. The van der Waals surface area contributed by atoms with Crippen LogP contribution in [-0.4, -0.2) is 6.61 Å². The fourth-order valence-electron chi connectivity index (χ4n) is 4.50. The zero-order chi connectivity index (χ0) is 21.8. The highest BCUT2D eigenvalue weighted by atomic mass is 19.1. The van der Waals surface area contributed by atoms with Gasteiger partial charge in [-0.25, -0.2) is 8.78 Å². The normalized spacial score (nSPS) is 18.5. The highest BCUT2D eigenvalue weighted by Crippen LogP contribution is 2.37. The van der Waals surface area contributed by atoms with Crippen molar-refractivity contribution < 1.29 is 13.5 Å². The fourth-order valence-corrected chi connectivity index (χ4v) is 4.50. The third-order valence-corrected chi connectivity index (χ3v) is 6.33. The van der Waals surface area contributed by atoms with E-state index >= 15 is 0 Å². The molecular weight excluding hydrogens is 390 g/mol. The lowest BCUT2D eigenvalue weighted by Gasteiger charge is -2.27. The Morgan fingerprint density at radius 2 is 1.45 bits per heavy atom. The van der Waals surface area contributed by atoms with E-state index in [2.05, 4.69) is 24.8 Å². The van der Waals surface area contributed by atoms with Gasteiger partial charge in [0.15, 0.2) is 11.6 Å². The van der Waals surface area contributed by atoms with Crippen molar-refractivity contribution in [3.05, 3.63) is 90.5 Å². The maximum atomic E-state index is 14.9. The average Bonchev–Trinajstić information content (AvgIpc) is 2.81. The molecule has 1 nitrogen and oxygen atoms in total. The summed E-state index contributed by atoms with van der Waals surface area (Å²) in [4.78, 5) is 0. The van der Waals surface area contributed by atoms with Gasteiger partial charge >= 0.3 is 0 Å². The van der Waals surface area contributed by atoms with Crippen LogP contribution in [0.5, 0.6) is 5.75 Å². The van der Waals surface area contributed by atoms with E-state index in [1.54, 1.807) is 25.1 Å². The van der Waals surface area contributed by atoms with Crippen molar-refractivity contribution in [2.75, 3.05) is 6.61 Å². The molecule has 1 aliphatic carbocycles. The van der Waals surface area contributed by atoms with Crippen molar-refractivity contribution in [2.45, 2.75) is 38.5 Å². The lowest BCUT2D eigenvalue weighted by molar-refractivity contribution is 0.321. The Hall–Kier alpha value is -2.94. The van der Waals surface area contributed by atoms with E-state index in [4.69, 9.17) is 4.74 Å². The minimum Gasteiger partial charge on any atom is -0.491 e. The number of ether oxygens (including phenoxy) is 1. The Morgan fingerprint density at radius 3 is 2.03 bits per heavy atom. The molecule has 0 unspecified atom stereocenters. The predicted molar refractivity (Wildman–Crippen MR) is 123 cm³/mol. The Morgan fingerprint density at radius 1 is 0.839 bits per heavy atom. The highest BCUT2D eigenvalue weighted by Gasteiger charge is 2.20. The van der Waals surface area contributed by atoms with Crippen molar-refractivity contribution in [3.8, 4) is 28.0 Å². The first-order valence-corrected chi connectivity index (χ1v) is 11.0. The van der Waals surface area contributed by atoms with Crippen molar-refractivity contribution in [1.29, 1.82) is 0 Å². The molecule has 31 heavy (non-hydrogen) atoms. The summed E-state index contributed by atoms with van der Waals surface area (Å²) in [7, 11) is 0. The first kappa shape index (κ1) is 21.3. The number of benzene rings is 3. The molecule has 3 aromatic rings. The zero-order valence-electron chi connectivity index (χ0n) is 17.9. The molecule has 4 rings (SSSR count). The molecule has 0 saturated heterocycles. The van der Waals surface area contributed by atoms with Crippen LogP contribution in [0.1, 0.15) is 44.1 Å². The Kier molecular flexibility index (Phi) is 6.50. The van der Waals surface area contributed by atoms with Crippen LogP contribution in [0.25, 0.3) is 22.3 Å². The van der Waals surface area contributed by atoms with Gasteiger partial charge in [0.1, 0.15) is 5.82 Å². The van der Waals surface area contributed by atoms with Gasteiger partial charge in [0.05, 0.1) is 6.61 Å².